The molecule has 0 radical (unpaired) electrons. The summed E-state index contributed by atoms with van der Waals surface area (Å²) in [6, 6.07) is 1.13. The summed E-state index contributed by atoms with van der Waals surface area (Å²) in [4.78, 5) is 11.9. The molecule has 0 atom stereocenters. The Kier molecular flexibility index (Phi) is 17.0. The summed E-state index contributed by atoms with van der Waals surface area (Å²) in [6.07, 6.45) is 7.86. The number of carbonyl (C=O) groups is 1. The lowest BCUT2D eigenvalue weighted by Gasteiger charge is -2.28. The van der Waals surface area contributed by atoms with Crippen LogP contribution in [0.25, 0.3) is 0 Å². The van der Waals surface area contributed by atoms with E-state index < -0.39 is 17.4 Å². The minimum atomic E-state index is -2.36. The highest BCUT2D eigenvalue weighted by Crippen LogP contribution is 2.15. The van der Waals surface area contributed by atoms with E-state index in [2.05, 4.69) is 6.92 Å². The van der Waals surface area contributed by atoms with Crippen LogP contribution in [-0.4, -0.2) is 48.0 Å². The molecule has 7 heteroatoms. The lowest BCUT2D eigenvalue weighted by Crippen LogP contribution is -2.52. The van der Waals surface area contributed by atoms with E-state index in [4.69, 9.17) is 13.3 Å². The lowest BCUT2D eigenvalue weighted by molar-refractivity contribution is -0.111. The molecule has 0 aliphatic rings. The molecule has 0 fully saturated rings. The smallest absolute Gasteiger partial charge is 0.377 e. The third-order valence-electron chi connectivity index (χ3n) is 3.72. The standard InChI is InChI=1S/C17H38O4SSi2/c1-5-9-10-11-12-14-17(18)22-15-13-16-23-24(19-6-2,20-7-3)21-8-4/h5-16,23H2,1-4H3. The Labute approximate surface area is 156 Å². The summed E-state index contributed by atoms with van der Waals surface area (Å²) < 4.78 is 17.7. The maximum Gasteiger partial charge on any atom is 0.462 e. The normalized spacial score (nSPS) is 12.3. The molecule has 0 rings (SSSR count). The van der Waals surface area contributed by atoms with Gasteiger partial charge in [-0.15, -0.1) is 0 Å². The molecule has 0 amide bonds. The van der Waals surface area contributed by atoms with Gasteiger partial charge in [0.1, 0.15) is 9.04 Å². The van der Waals surface area contributed by atoms with Crippen molar-refractivity contribution in [1.82, 2.24) is 0 Å². The SMILES string of the molecule is CCCCCCCC(=O)SCCC[SiH2][Si](OCC)(OCC)OCC. The summed E-state index contributed by atoms with van der Waals surface area (Å²) in [5.74, 6) is 0.926. The Hall–Kier alpha value is 0.334. The van der Waals surface area contributed by atoms with E-state index >= 15 is 0 Å². The highest BCUT2D eigenvalue weighted by atomic mass is 32.2. The Bertz CT molecular complexity index is 289. The van der Waals surface area contributed by atoms with Gasteiger partial charge in [-0.25, -0.2) is 0 Å². The van der Waals surface area contributed by atoms with Crippen molar-refractivity contribution in [3.05, 3.63) is 0 Å². The number of hydrogen-bond acceptors (Lipinski definition) is 5. The summed E-state index contributed by atoms with van der Waals surface area (Å²) in [7, 11) is -2.90. The van der Waals surface area contributed by atoms with E-state index in [0.29, 0.717) is 24.9 Å². The van der Waals surface area contributed by atoms with Crippen LogP contribution in [0.2, 0.25) is 6.04 Å². The fourth-order valence-electron chi connectivity index (χ4n) is 2.58. The summed E-state index contributed by atoms with van der Waals surface area (Å²) in [6.45, 7) is 10.2. The van der Waals surface area contributed by atoms with Crippen molar-refractivity contribution in [3.8, 4) is 0 Å². The molecular formula is C17H38O4SSi2. The van der Waals surface area contributed by atoms with Crippen LogP contribution in [0.1, 0.15) is 72.6 Å². The molecule has 0 heterocycles. The number of carbonyl (C=O) groups excluding carboxylic acids is 1. The number of unbranched alkanes of at least 4 members (excludes halogenated alkanes) is 4. The van der Waals surface area contributed by atoms with Gasteiger partial charge in [-0.1, -0.05) is 50.4 Å². The molecule has 0 bridgehead atoms. The number of thioether (sulfide) groups is 1. The lowest BCUT2D eigenvalue weighted by atomic mass is 10.1. The third kappa shape index (κ3) is 12.7. The van der Waals surface area contributed by atoms with E-state index in [9.17, 15) is 4.79 Å². The van der Waals surface area contributed by atoms with Crippen molar-refractivity contribution in [2.24, 2.45) is 0 Å². The van der Waals surface area contributed by atoms with Crippen LogP contribution in [0, 0.1) is 0 Å². The summed E-state index contributed by atoms with van der Waals surface area (Å²) in [5.41, 5.74) is 0. The fourth-order valence-corrected chi connectivity index (χ4v) is 11.9. The first-order valence-corrected chi connectivity index (χ1v) is 15.7. The van der Waals surface area contributed by atoms with Crippen molar-refractivity contribution >= 4 is 34.2 Å². The zero-order valence-corrected chi connectivity index (χ0v) is 19.5. The van der Waals surface area contributed by atoms with Crippen molar-refractivity contribution in [1.29, 1.82) is 0 Å². The first-order valence-electron chi connectivity index (χ1n) is 9.71. The minimum absolute atomic E-state index is 0.357. The minimum Gasteiger partial charge on any atom is -0.377 e. The van der Waals surface area contributed by atoms with Crippen LogP contribution in [0.4, 0.5) is 0 Å². The first-order chi connectivity index (χ1) is 11.6. The molecule has 0 spiro atoms. The average molecular weight is 395 g/mol. The molecule has 0 N–H and O–H groups in total. The van der Waals surface area contributed by atoms with E-state index in [1.807, 2.05) is 20.8 Å². The molecular weight excluding hydrogens is 356 g/mol. The second-order valence-electron chi connectivity index (χ2n) is 5.82. The third-order valence-corrected chi connectivity index (χ3v) is 13.1. The highest BCUT2D eigenvalue weighted by Gasteiger charge is 2.38. The van der Waals surface area contributed by atoms with Crippen LogP contribution in [0.5, 0.6) is 0 Å². The van der Waals surface area contributed by atoms with Crippen LogP contribution >= 0.6 is 11.8 Å². The predicted octanol–water partition coefficient (Wildman–Crippen LogP) is 4.13. The zero-order chi connectivity index (χ0) is 18.1. The van der Waals surface area contributed by atoms with Crippen LogP contribution in [0.3, 0.4) is 0 Å². The maximum atomic E-state index is 11.9. The van der Waals surface area contributed by atoms with Gasteiger partial charge in [-0.05, 0) is 33.6 Å². The second-order valence-corrected chi connectivity index (χ2v) is 14.5. The zero-order valence-electron chi connectivity index (χ0n) is 16.2. The van der Waals surface area contributed by atoms with Crippen LogP contribution in [0.15, 0.2) is 0 Å². The molecule has 0 aliphatic heterocycles. The van der Waals surface area contributed by atoms with Crippen molar-refractivity contribution in [2.45, 2.75) is 78.7 Å². The van der Waals surface area contributed by atoms with E-state index in [0.717, 1.165) is 31.1 Å². The van der Waals surface area contributed by atoms with Gasteiger partial charge in [-0.3, -0.25) is 4.79 Å². The Morgan fingerprint density at radius 2 is 1.46 bits per heavy atom. The van der Waals surface area contributed by atoms with Gasteiger partial charge in [-0.2, -0.15) is 0 Å². The van der Waals surface area contributed by atoms with Gasteiger partial charge in [0.15, 0.2) is 5.12 Å². The van der Waals surface area contributed by atoms with Crippen LogP contribution in [-0.2, 0) is 18.1 Å². The highest BCUT2D eigenvalue weighted by molar-refractivity contribution is 8.13. The van der Waals surface area contributed by atoms with Gasteiger partial charge < -0.3 is 13.3 Å². The van der Waals surface area contributed by atoms with Crippen molar-refractivity contribution in [2.75, 3.05) is 25.6 Å². The summed E-state index contributed by atoms with van der Waals surface area (Å²) in [5, 5.41) is 0.357. The van der Waals surface area contributed by atoms with Crippen LogP contribution < -0.4 is 0 Å². The largest absolute Gasteiger partial charge is 0.462 e. The van der Waals surface area contributed by atoms with E-state index in [-0.39, 0.29) is 0 Å². The first kappa shape index (κ1) is 24.3. The van der Waals surface area contributed by atoms with Gasteiger partial charge in [0.05, 0.1) is 0 Å². The molecule has 24 heavy (non-hydrogen) atoms. The number of rotatable bonds is 17. The average Bonchev–Trinajstić information content (AvgIpc) is 2.55. The van der Waals surface area contributed by atoms with Gasteiger partial charge >= 0.3 is 8.32 Å². The van der Waals surface area contributed by atoms with Gasteiger partial charge in [0, 0.05) is 32.0 Å². The second kappa shape index (κ2) is 16.8. The molecule has 0 aromatic carbocycles. The van der Waals surface area contributed by atoms with Gasteiger partial charge in [0.2, 0.25) is 0 Å². The van der Waals surface area contributed by atoms with E-state index in [1.54, 1.807) is 0 Å². The van der Waals surface area contributed by atoms with Gasteiger partial charge in [0.25, 0.3) is 0 Å². The Morgan fingerprint density at radius 3 is 2.00 bits per heavy atom. The molecule has 0 aliphatic carbocycles. The van der Waals surface area contributed by atoms with Crippen molar-refractivity contribution in [3.63, 3.8) is 0 Å². The Morgan fingerprint density at radius 1 is 0.875 bits per heavy atom. The van der Waals surface area contributed by atoms with E-state index in [1.165, 1.54) is 37.4 Å². The summed E-state index contributed by atoms with van der Waals surface area (Å²) >= 11 is 1.51. The molecule has 0 saturated carbocycles. The molecule has 0 unspecified atom stereocenters. The predicted molar refractivity (Wildman–Crippen MR) is 109 cm³/mol. The molecule has 144 valence electrons. The monoisotopic (exact) mass is 394 g/mol. The van der Waals surface area contributed by atoms with Crippen molar-refractivity contribution < 1.29 is 18.1 Å². The molecule has 0 aromatic heterocycles. The quantitative estimate of drug-likeness (QED) is 0.274. The number of hydrogen-bond donors (Lipinski definition) is 0. The topological polar surface area (TPSA) is 44.8 Å². The molecule has 0 aromatic rings. The molecule has 0 saturated heterocycles. The molecule has 4 nitrogen and oxygen atoms in total. The maximum absolute atomic E-state index is 11.9. The fraction of sp³-hybridized carbons (Fsp3) is 0.941. The Balaban J connectivity index is 3.85.